The molecule has 3 aromatic rings. The van der Waals surface area contributed by atoms with Crippen molar-refractivity contribution in [2.45, 2.75) is 11.8 Å². The summed E-state index contributed by atoms with van der Waals surface area (Å²) in [7, 11) is -3.92. The number of aromatic nitrogens is 2. The highest BCUT2D eigenvalue weighted by atomic mass is 32.2. The Bertz CT molecular complexity index is 1010. The van der Waals surface area contributed by atoms with Crippen LogP contribution in [-0.2, 0) is 10.0 Å². The van der Waals surface area contributed by atoms with Gasteiger partial charge in [-0.1, -0.05) is 6.07 Å². The molecule has 8 nitrogen and oxygen atoms in total. The molecule has 0 bridgehead atoms. The molecule has 0 unspecified atom stereocenters. The Labute approximate surface area is 131 Å². The van der Waals surface area contributed by atoms with Crippen LogP contribution < -0.4 is 4.72 Å². The van der Waals surface area contributed by atoms with Crippen molar-refractivity contribution in [3.63, 3.8) is 0 Å². The number of hydrogen-bond donors (Lipinski definition) is 2. The molecule has 23 heavy (non-hydrogen) atoms. The van der Waals surface area contributed by atoms with Crippen molar-refractivity contribution in [2.24, 2.45) is 0 Å². The molecule has 0 saturated heterocycles. The van der Waals surface area contributed by atoms with Gasteiger partial charge in [-0.15, -0.1) is 0 Å². The molecule has 0 aliphatic rings. The largest absolute Gasteiger partial charge is 0.282 e. The Kier molecular flexibility index (Phi) is 3.49. The van der Waals surface area contributed by atoms with Crippen molar-refractivity contribution in [3.8, 4) is 0 Å². The number of anilines is 1. The Hall–Kier alpha value is -2.94. The maximum Gasteiger partial charge on any atom is 0.270 e. The van der Waals surface area contributed by atoms with Crippen molar-refractivity contribution in [2.75, 3.05) is 4.72 Å². The van der Waals surface area contributed by atoms with Gasteiger partial charge in [0.05, 0.1) is 21.0 Å². The van der Waals surface area contributed by atoms with Crippen LogP contribution in [-0.4, -0.2) is 23.5 Å². The normalized spacial score (nSPS) is 11.5. The SMILES string of the molecule is Cc1[nH]nc2cc(NS(=O)(=O)c3cccc([N+](=O)[O-])c3)ccc12. The van der Waals surface area contributed by atoms with Gasteiger partial charge in [0.15, 0.2) is 0 Å². The highest BCUT2D eigenvalue weighted by Gasteiger charge is 2.18. The number of H-pyrrole nitrogens is 1. The Morgan fingerprint density at radius 3 is 2.74 bits per heavy atom. The minimum absolute atomic E-state index is 0.176. The number of hydrogen-bond acceptors (Lipinski definition) is 5. The zero-order chi connectivity index (χ0) is 16.6. The molecule has 2 N–H and O–H groups in total. The van der Waals surface area contributed by atoms with Crippen LogP contribution in [0.3, 0.4) is 0 Å². The minimum Gasteiger partial charge on any atom is -0.282 e. The predicted octanol–water partition coefficient (Wildman–Crippen LogP) is 2.58. The number of aryl methyl sites for hydroxylation is 1. The van der Waals surface area contributed by atoms with E-state index in [1.165, 1.54) is 18.2 Å². The van der Waals surface area contributed by atoms with Gasteiger partial charge >= 0.3 is 0 Å². The third kappa shape index (κ3) is 2.86. The van der Waals surface area contributed by atoms with Crippen molar-refractivity contribution in [1.82, 2.24) is 10.2 Å². The molecule has 0 atom stereocenters. The van der Waals surface area contributed by atoms with E-state index in [4.69, 9.17) is 0 Å². The number of nitrogens with zero attached hydrogens (tertiary/aromatic N) is 2. The van der Waals surface area contributed by atoms with E-state index in [1.54, 1.807) is 18.2 Å². The number of aromatic amines is 1. The maximum absolute atomic E-state index is 12.4. The van der Waals surface area contributed by atoms with Gasteiger partial charge in [0.25, 0.3) is 15.7 Å². The standard InChI is InChI=1S/C14H12N4O4S/c1-9-13-6-5-10(7-14(13)16-15-9)17-23(21,22)12-4-2-3-11(8-12)18(19)20/h2-8,17H,1H3,(H,15,16). The van der Waals surface area contributed by atoms with E-state index in [2.05, 4.69) is 14.9 Å². The molecule has 0 saturated carbocycles. The van der Waals surface area contributed by atoms with Gasteiger partial charge in [-0.3, -0.25) is 19.9 Å². The van der Waals surface area contributed by atoms with Crippen molar-refractivity contribution in [3.05, 3.63) is 58.3 Å². The van der Waals surface area contributed by atoms with Crippen LogP contribution in [0.15, 0.2) is 47.4 Å². The zero-order valence-electron chi connectivity index (χ0n) is 12.0. The number of non-ortho nitro benzene ring substituents is 1. The van der Waals surface area contributed by atoms with Gasteiger partial charge in [-0.2, -0.15) is 5.10 Å². The molecule has 0 radical (unpaired) electrons. The predicted molar refractivity (Wildman–Crippen MR) is 84.7 cm³/mol. The molecule has 9 heteroatoms. The lowest BCUT2D eigenvalue weighted by Gasteiger charge is -2.08. The molecule has 2 aromatic carbocycles. The fourth-order valence-electron chi connectivity index (χ4n) is 2.19. The lowest BCUT2D eigenvalue weighted by atomic mass is 10.2. The van der Waals surface area contributed by atoms with Crippen LogP contribution in [0.2, 0.25) is 0 Å². The van der Waals surface area contributed by atoms with Crippen molar-refractivity contribution < 1.29 is 13.3 Å². The van der Waals surface area contributed by atoms with Gasteiger partial charge in [0.2, 0.25) is 0 Å². The van der Waals surface area contributed by atoms with E-state index in [0.717, 1.165) is 17.1 Å². The summed E-state index contributed by atoms with van der Waals surface area (Å²) in [6, 6.07) is 9.82. The van der Waals surface area contributed by atoms with E-state index >= 15 is 0 Å². The van der Waals surface area contributed by atoms with Gasteiger partial charge in [-0.05, 0) is 31.2 Å². The first kappa shape index (κ1) is 15.0. The summed E-state index contributed by atoms with van der Waals surface area (Å²) in [6.07, 6.45) is 0. The topological polar surface area (TPSA) is 118 Å². The van der Waals surface area contributed by atoms with E-state index in [9.17, 15) is 18.5 Å². The fourth-order valence-corrected chi connectivity index (χ4v) is 3.28. The Morgan fingerprint density at radius 1 is 1.22 bits per heavy atom. The number of fused-ring (bicyclic) bond motifs is 1. The van der Waals surface area contributed by atoms with Gasteiger partial charge in [0, 0.05) is 23.2 Å². The first-order chi connectivity index (χ1) is 10.9. The van der Waals surface area contributed by atoms with Gasteiger partial charge in [-0.25, -0.2) is 8.42 Å². The fraction of sp³-hybridized carbons (Fsp3) is 0.0714. The molecule has 0 spiro atoms. The molecule has 0 aliphatic carbocycles. The number of sulfonamides is 1. The average Bonchev–Trinajstić information content (AvgIpc) is 2.88. The Morgan fingerprint density at radius 2 is 2.00 bits per heavy atom. The number of nitro benzene ring substituents is 1. The van der Waals surface area contributed by atoms with Crippen LogP contribution in [0, 0.1) is 17.0 Å². The summed E-state index contributed by atoms with van der Waals surface area (Å²) in [6.45, 7) is 1.86. The summed E-state index contributed by atoms with van der Waals surface area (Å²) >= 11 is 0. The molecule has 0 fully saturated rings. The summed E-state index contributed by atoms with van der Waals surface area (Å²) in [5.41, 5.74) is 1.55. The minimum atomic E-state index is -3.92. The highest BCUT2D eigenvalue weighted by Crippen LogP contribution is 2.23. The second-order valence-electron chi connectivity index (χ2n) is 4.94. The lowest BCUT2D eigenvalue weighted by molar-refractivity contribution is -0.385. The summed E-state index contributed by atoms with van der Waals surface area (Å²) < 4.78 is 27.1. The molecule has 0 amide bonds. The van der Waals surface area contributed by atoms with E-state index in [-0.39, 0.29) is 10.6 Å². The molecule has 118 valence electrons. The second kappa shape index (κ2) is 5.36. The quantitative estimate of drug-likeness (QED) is 0.562. The van der Waals surface area contributed by atoms with E-state index in [0.29, 0.717) is 11.2 Å². The van der Waals surface area contributed by atoms with Crippen LogP contribution in [0.4, 0.5) is 11.4 Å². The van der Waals surface area contributed by atoms with Crippen LogP contribution >= 0.6 is 0 Å². The van der Waals surface area contributed by atoms with Gasteiger partial charge in [0.1, 0.15) is 0 Å². The smallest absolute Gasteiger partial charge is 0.270 e. The van der Waals surface area contributed by atoms with E-state index in [1.807, 2.05) is 6.92 Å². The molecule has 3 rings (SSSR count). The first-order valence-corrected chi connectivity index (χ1v) is 8.07. The first-order valence-electron chi connectivity index (χ1n) is 6.59. The molecular formula is C14H12N4O4S. The highest BCUT2D eigenvalue weighted by molar-refractivity contribution is 7.92. The third-order valence-electron chi connectivity index (χ3n) is 3.34. The van der Waals surface area contributed by atoms with Crippen molar-refractivity contribution >= 4 is 32.3 Å². The molecule has 0 aliphatic heterocycles. The summed E-state index contributed by atoms with van der Waals surface area (Å²) in [5.74, 6) is 0. The van der Waals surface area contributed by atoms with Crippen LogP contribution in [0.25, 0.3) is 10.9 Å². The maximum atomic E-state index is 12.4. The van der Waals surface area contributed by atoms with Crippen molar-refractivity contribution in [1.29, 1.82) is 0 Å². The van der Waals surface area contributed by atoms with Gasteiger partial charge < -0.3 is 0 Å². The molecular weight excluding hydrogens is 320 g/mol. The number of nitro groups is 1. The molecule has 1 heterocycles. The molecule has 1 aromatic heterocycles. The zero-order valence-corrected chi connectivity index (χ0v) is 12.8. The van der Waals surface area contributed by atoms with Crippen LogP contribution in [0.5, 0.6) is 0 Å². The number of benzene rings is 2. The summed E-state index contributed by atoms with van der Waals surface area (Å²) in [5, 5.41) is 18.5. The monoisotopic (exact) mass is 332 g/mol. The number of nitrogens with one attached hydrogen (secondary N) is 2. The van der Waals surface area contributed by atoms with Crippen LogP contribution in [0.1, 0.15) is 5.69 Å². The Balaban J connectivity index is 1.96. The average molecular weight is 332 g/mol. The van der Waals surface area contributed by atoms with E-state index < -0.39 is 14.9 Å². The third-order valence-corrected chi connectivity index (χ3v) is 4.72. The lowest BCUT2D eigenvalue weighted by Crippen LogP contribution is -2.13. The number of rotatable bonds is 4. The summed E-state index contributed by atoms with van der Waals surface area (Å²) in [4.78, 5) is 9.95. The second-order valence-corrected chi connectivity index (χ2v) is 6.62.